The minimum absolute atomic E-state index is 0.0245. The van der Waals surface area contributed by atoms with Crippen LogP contribution in [0, 0.1) is 5.92 Å². The van der Waals surface area contributed by atoms with E-state index < -0.39 is 0 Å². The van der Waals surface area contributed by atoms with Crippen LogP contribution < -0.4 is 10.2 Å². The maximum Gasteiger partial charge on any atom is 0.240 e. The van der Waals surface area contributed by atoms with Crippen LogP contribution in [0.1, 0.15) is 25.8 Å². The molecule has 1 N–H and O–H groups in total. The molecular weight excluding hydrogens is 284 g/mol. The number of hydrogen-bond acceptors (Lipinski definition) is 4. The van der Waals surface area contributed by atoms with Gasteiger partial charge in [-0.15, -0.1) is 11.8 Å². The van der Waals surface area contributed by atoms with Crippen molar-refractivity contribution in [1.82, 2.24) is 5.43 Å². The second kappa shape index (κ2) is 6.80. The second-order valence-electron chi connectivity index (χ2n) is 5.05. The number of benzene rings is 1. The highest BCUT2D eigenvalue weighted by molar-refractivity contribution is 7.98. The molecule has 0 aliphatic carbocycles. The van der Waals surface area contributed by atoms with E-state index in [1.807, 2.05) is 31.4 Å². The minimum atomic E-state index is -0.0245. The Labute approximate surface area is 129 Å². The largest absolute Gasteiger partial charge is 0.496 e. The van der Waals surface area contributed by atoms with Gasteiger partial charge in [0.2, 0.25) is 5.91 Å². The first-order chi connectivity index (χ1) is 10.1. The Morgan fingerprint density at radius 2 is 2.29 bits per heavy atom. The Bertz CT molecular complexity index is 608. The minimum Gasteiger partial charge on any atom is -0.496 e. The molecule has 0 radical (unpaired) electrons. The summed E-state index contributed by atoms with van der Waals surface area (Å²) in [5, 5.41) is 4.16. The van der Waals surface area contributed by atoms with Crippen LogP contribution in [0.4, 0.5) is 0 Å². The van der Waals surface area contributed by atoms with Crippen LogP contribution in [0.2, 0.25) is 0 Å². The number of carbonyl (C=O) groups excluding carboxylic acids is 1. The number of thioether (sulfide) groups is 1. The van der Waals surface area contributed by atoms with Gasteiger partial charge in [-0.05, 0) is 36.5 Å². The molecule has 0 fully saturated rings. The average Bonchev–Trinajstić information content (AvgIpc) is 2.49. The molecule has 1 amide bonds. The Morgan fingerprint density at radius 3 is 2.90 bits per heavy atom. The van der Waals surface area contributed by atoms with E-state index in [0.29, 0.717) is 6.42 Å². The van der Waals surface area contributed by atoms with Gasteiger partial charge < -0.3 is 4.74 Å². The van der Waals surface area contributed by atoms with E-state index in [-0.39, 0.29) is 11.8 Å². The van der Waals surface area contributed by atoms with Crippen molar-refractivity contribution in [1.29, 1.82) is 0 Å². The lowest BCUT2D eigenvalue weighted by Gasteiger charge is -2.18. The number of ether oxygens (including phenoxy) is 1. The first kappa shape index (κ1) is 15.6. The summed E-state index contributed by atoms with van der Waals surface area (Å²) in [5.41, 5.74) is 5.69. The summed E-state index contributed by atoms with van der Waals surface area (Å²) >= 11 is 1.66. The highest BCUT2D eigenvalue weighted by atomic mass is 32.2. The summed E-state index contributed by atoms with van der Waals surface area (Å²) in [7, 11) is 1.68. The highest BCUT2D eigenvalue weighted by Gasteiger charge is 2.19. The molecule has 1 heterocycles. The van der Waals surface area contributed by atoms with Crippen molar-refractivity contribution < 1.29 is 9.53 Å². The predicted molar refractivity (Wildman–Crippen MR) is 87.8 cm³/mol. The lowest BCUT2D eigenvalue weighted by molar-refractivity contribution is -0.121. The lowest BCUT2D eigenvalue weighted by Crippen LogP contribution is -2.30. The molecule has 1 atom stereocenters. The smallest absolute Gasteiger partial charge is 0.240 e. The van der Waals surface area contributed by atoms with Crippen LogP contribution in [-0.4, -0.2) is 25.0 Å². The van der Waals surface area contributed by atoms with E-state index in [1.54, 1.807) is 18.9 Å². The molecule has 1 aliphatic heterocycles. The zero-order valence-electron chi connectivity index (χ0n) is 12.8. The van der Waals surface area contributed by atoms with Crippen molar-refractivity contribution in [3.8, 4) is 5.75 Å². The zero-order chi connectivity index (χ0) is 15.4. The molecule has 0 aromatic heterocycles. The van der Waals surface area contributed by atoms with Gasteiger partial charge in [0.25, 0.3) is 0 Å². The number of methoxy groups -OCH3 is 1. The second-order valence-corrected chi connectivity index (χ2v) is 5.86. The number of carbonyl (C=O) groups is 1. The van der Waals surface area contributed by atoms with Crippen molar-refractivity contribution in [3.05, 3.63) is 29.8 Å². The van der Waals surface area contributed by atoms with E-state index in [9.17, 15) is 4.79 Å². The molecule has 112 valence electrons. The molecule has 1 aromatic rings. The molecule has 1 unspecified atom stereocenters. The number of nitrogens with zero attached hydrogens (tertiary/aromatic N) is 1. The zero-order valence-corrected chi connectivity index (χ0v) is 13.6. The fourth-order valence-corrected chi connectivity index (χ4v) is 3.14. The van der Waals surface area contributed by atoms with Crippen LogP contribution in [-0.2, 0) is 4.79 Å². The van der Waals surface area contributed by atoms with E-state index in [0.717, 1.165) is 27.5 Å². The van der Waals surface area contributed by atoms with Crippen molar-refractivity contribution in [3.63, 3.8) is 0 Å². The van der Waals surface area contributed by atoms with E-state index in [2.05, 4.69) is 23.5 Å². The van der Waals surface area contributed by atoms with Crippen molar-refractivity contribution >= 4 is 29.0 Å². The Morgan fingerprint density at radius 1 is 1.52 bits per heavy atom. The third-order valence-electron chi connectivity index (χ3n) is 3.50. The fraction of sp³-hybridized carbons (Fsp3) is 0.375. The molecule has 4 nitrogen and oxygen atoms in total. The topological polar surface area (TPSA) is 50.7 Å². The molecule has 1 aromatic carbocycles. The Balaban J connectivity index is 2.38. The third-order valence-corrected chi connectivity index (χ3v) is 4.33. The van der Waals surface area contributed by atoms with Crippen molar-refractivity contribution in [2.24, 2.45) is 11.0 Å². The summed E-state index contributed by atoms with van der Waals surface area (Å²) in [4.78, 5) is 12.4. The molecule has 0 saturated heterocycles. The molecule has 0 bridgehead atoms. The molecule has 21 heavy (non-hydrogen) atoms. The van der Waals surface area contributed by atoms with Gasteiger partial charge in [-0.25, -0.2) is 5.43 Å². The number of hydrazone groups is 1. The van der Waals surface area contributed by atoms with Crippen LogP contribution in [0.5, 0.6) is 5.75 Å². The number of rotatable bonds is 4. The molecule has 0 saturated carbocycles. The molecule has 1 aliphatic rings. The van der Waals surface area contributed by atoms with E-state index in [1.165, 1.54) is 0 Å². The lowest BCUT2D eigenvalue weighted by atomic mass is 9.96. The molecule has 5 heteroatoms. The third kappa shape index (κ3) is 3.47. The quantitative estimate of drug-likeness (QED) is 0.868. The van der Waals surface area contributed by atoms with Gasteiger partial charge in [-0.3, -0.25) is 4.79 Å². The van der Waals surface area contributed by atoms with Gasteiger partial charge in [0.05, 0.1) is 17.7 Å². The maximum atomic E-state index is 11.3. The van der Waals surface area contributed by atoms with Gasteiger partial charge in [0.15, 0.2) is 0 Å². The monoisotopic (exact) mass is 304 g/mol. The van der Waals surface area contributed by atoms with Gasteiger partial charge in [-0.2, -0.15) is 5.10 Å². The summed E-state index contributed by atoms with van der Waals surface area (Å²) in [6.07, 6.45) is 4.56. The van der Waals surface area contributed by atoms with Crippen molar-refractivity contribution in [2.45, 2.75) is 25.2 Å². The molecule has 0 spiro atoms. The van der Waals surface area contributed by atoms with E-state index >= 15 is 0 Å². The van der Waals surface area contributed by atoms with Crippen molar-refractivity contribution in [2.75, 3.05) is 13.4 Å². The van der Waals surface area contributed by atoms with Gasteiger partial charge >= 0.3 is 0 Å². The summed E-state index contributed by atoms with van der Waals surface area (Å²) in [5.74, 6) is 0.986. The van der Waals surface area contributed by atoms with Crippen LogP contribution in [0.3, 0.4) is 0 Å². The predicted octanol–water partition coefficient (Wildman–Crippen LogP) is 3.33. The van der Waals surface area contributed by atoms with Crippen LogP contribution >= 0.6 is 11.8 Å². The average molecular weight is 304 g/mol. The van der Waals surface area contributed by atoms with E-state index in [4.69, 9.17) is 4.74 Å². The summed E-state index contributed by atoms with van der Waals surface area (Å²) < 4.78 is 5.42. The fourth-order valence-electron chi connectivity index (χ4n) is 2.34. The highest BCUT2D eigenvalue weighted by Crippen LogP contribution is 2.35. The number of amides is 1. The standard InChI is InChI=1S/C16H20N2O2S/c1-10(8-13-11(2)9-15(19)18-17-13)12-6-5-7-14(20-3)16(12)21-4/h5-8,11H,9H2,1-4H3,(H,18,19). The summed E-state index contributed by atoms with van der Waals surface area (Å²) in [6, 6.07) is 6.02. The summed E-state index contributed by atoms with van der Waals surface area (Å²) in [6.45, 7) is 4.07. The SMILES string of the molecule is COc1cccc(C(C)=CC2=NNC(=O)CC2C)c1SC. The first-order valence-corrected chi connectivity index (χ1v) is 8.05. The first-order valence-electron chi connectivity index (χ1n) is 6.83. The molecule has 2 rings (SSSR count). The van der Waals surface area contributed by atoms with Gasteiger partial charge in [0, 0.05) is 12.3 Å². The number of allylic oxidation sites excluding steroid dienone is 2. The number of hydrogen-bond donors (Lipinski definition) is 1. The maximum absolute atomic E-state index is 11.3. The van der Waals surface area contributed by atoms with Crippen LogP contribution in [0.25, 0.3) is 5.57 Å². The Kier molecular flexibility index (Phi) is 5.07. The number of nitrogens with one attached hydrogen (secondary N) is 1. The van der Waals surface area contributed by atoms with Crippen LogP contribution in [0.15, 0.2) is 34.3 Å². The van der Waals surface area contributed by atoms with Gasteiger partial charge in [-0.1, -0.05) is 19.1 Å². The molecular formula is C16H20N2O2S. The Hall–Kier alpha value is -1.75. The van der Waals surface area contributed by atoms with Gasteiger partial charge in [0.1, 0.15) is 5.75 Å². The normalized spacial score (nSPS) is 19.0.